The maximum Gasteiger partial charge on any atom is 0.269 e. The smallest absolute Gasteiger partial charge is 0.269 e. The van der Waals surface area contributed by atoms with Gasteiger partial charge in [-0.15, -0.1) is 0 Å². The van der Waals surface area contributed by atoms with Crippen molar-refractivity contribution < 1.29 is 23.0 Å². The van der Waals surface area contributed by atoms with Crippen molar-refractivity contribution in [1.29, 1.82) is 0 Å². The zero-order valence-corrected chi connectivity index (χ0v) is 40.2. The van der Waals surface area contributed by atoms with Crippen molar-refractivity contribution in [3.8, 4) is 62.1 Å². The predicted octanol–water partition coefficient (Wildman–Crippen LogP) is 16.2. The average molecular weight is 919 g/mol. The highest BCUT2D eigenvalue weighted by molar-refractivity contribution is 6.10. The lowest BCUT2D eigenvalue weighted by atomic mass is 9.82. The third-order valence-corrected chi connectivity index (χ3v) is 13.9. The molecule has 1 aliphatic rings. The van der Waals surface area contributed by atoms with Gasteiger partial charge in [-0.2, -0.15) is 0 Å². The third kappa shape index (κ3) is 7.39. The van der Waals surface area contributed by atoms with E-state index in [0.29, 0.717) is 28.2 Å². The van der Waals surface area contributed by atoms with Crippen LogP contribution in [0.3, 0.4) is 0 Å². The number of nitrogens with zero attached hydrogens (tertiary/aromatic N) is 4. The highest BCUT2D eigenvalue weighted by Crippen LogP contribution is 2.50. The van der Waals surface area contributed by atoms with Gasteiger partial charge in [-0.1, -0.05) is 182 Å². The van der Waals surface area contributed by atoms with Crippen molar-refractivity contribution in [2.75, 3.05) is 0 Å². The van der Waals surface area contributed by atoms with Crippen molar-refractivity contribution in [3.05, 3.63) is 223 Å². The Morgan fingerprint density at radius 3 is 2.00 bits per heavy atom. The summed E-state index contributed by atoms with van der Waals surface area (Å²) in [6.07, 6.45) is 6.43. The Morgan fingerprint density at radius 2 is 1.26 bits per heavy atom. The lowest BCUT2D eigenvalue weighted by Gasteiger charge is -2.22. The van der Waals surface area contributed by atoms with E-state index in [2.05, 4.69) is 120 Å². The maximum absolute atomic E-state index is 9.07. The maximum atomic E-state index is 9.07. The number of pyridine rings is 1. The summed E-state index contributed by atoms with van der Waals surface area (Å²) in [6, 6.07) is 38.6. The first-order valence-corrected chi connectivity index (χ1v) is 23.7. The van der Waals surface area contributed by atoms with E-state index >= 15 is 0 Å². The van der Waals surface area contributed by atoms with Gasteiger partial charge < -0.3 is 4.74 Å². The van der Waals surface area contributed by atoms with Gasteiger partial charge in [0, 0.05) is 23.0 Å². The van der Waals surface area contributed by atoms with Crippen LogP contribution in [0.4, 0.5) is 0 Å². The van der Waals surface area contributed by atoms with Crippen LogP contribution in [-0.2, 0) is 16.2 Å². The third-order valence-electron chi connectivity index (χ3n) is 13.9. The first-order valence-electron chi connectivity index (χ1n) is 28.7. The Bertz CT molecular complexity index is 4290. The fourth-order valence-electron chi connectivity index (χ4n) is 10.9. The molecule has 5 nitrogen and oxygen atoms in total. The number of ether oxygens (including phenoxy) is 1. The molecule has 8 aromatic carbocycles. The molecular weight excluding hydrogens is 853 g/mol. The van der Waals surface area contributed by atoms with Gasteiger partial charge >= 0.3 is 0 Å². The molecule has 1 aliphatic carbocycles. The first kappa shape index (κ1) is 33.5. The molecule has 0 saturated heterocycles. The lowest BCUT2D eigenvalue weighted by Crippen LogP contribution is -2.31. The van der Waals surface area contributed by atoms with Crippen LogP contribution in [0.1, 0.15) is 85.3 Å². The number of rotatable bonds is 8. The molecule has 0 N–H and O–H groups in total. The van der Waals surface area contributed by atoms with Crippen molar-refractivity contribution in [3.63, 3.8) is 0 Å². The Morgan fingerprint density at radius 1 is 0.586 bits per heavy atom. The van der Waals surface area contributed by atoms with Gasteiger partial charge in [0.25, 0.3) is 6.33 Å². The predicted molar refractivity (Wildman–Crippen MR) is 288 cm³/mol. The molecule has 0 atom stereocenters. The standard InChI is InChI=1S/C65H56N4O/c1-63(2,3)47-34-35-66-61(38-47)69-57-33-29-45(46-28-32-55-56(37-46)65(6,7)41-64(55,4)5)36-54(57)53-31-30-50(40-60(53)69)70-49-23-16-22-48(39-49)67-42-68(59-27-15-14-26-58(59)67)62-51(43-18-10-8-11-19-43)24-17-25-52(62)44-20-12-9-13-21-44/h8-40H,41H2,1-7H3/i8D,9D,10D,11D,12D,13D,18D,19D,20D,21D. The second-order valence-corrected chi connectivity index (χ2v) is 20.7. The summed E-state index contributed by atoms with van der Waals surface area (Å²) in [5.74, 6) is 1.89. The molecule has 70 heavy (non-hydrogen) atoms. The molecule has 0 saturated carbocycles. The summed E-state index contributed by atoms with van der Waals surface area (Å²) in [4.78, 5) is 4.97. The van der Waals surface area contributed by atoms with Gasteiger partial charge in [0.1, 0.15) is 17.3 Å². The van der Waals surface area contributed by atoms with E-state index in [1.54, 1.807) is 22.8 Å². The molecule has 3 aromatic heterocycles. The topological polar surface area (TPSA) is 35.9 Å². The summed E-state index contributed by atoms with van der Waals surface area (Å²) >= 11 is 0. The molecule has 0 bridgehead atoms. The minimum atomic E-state index is -0.566. The fraction of sp³-hybridized carbons (Fsp3) is 0.169. The molecule has 11 aromatic rings. The van der Waals surface area contributed by atoms with Crippen LogP contribution in [0.15, 0.2) is 200 Å². The number of hydrogen-bond acceptors (Lipinski definition) is 2. The van der Waals surface area contributed by atoms with Gasteiger partial charge in [0.05, 0.1) is 47.1 Å². The minimum absolute atomic E-state index is 0.0569. The minimum Gasteiger partial charge on any atom is -0.458 e. The Balaban J connectivity index is 1.00. The number of fused-ring (bicyclic) bond motifs is 5. The van der Waals surface area contributed by atoms with Crippen LogP contribution < -0.4 is 9.30 Å². The van der Waals surface area contributed by atoms with Crippen molar-refractivity contribution >= 4 is 32.8 Å². The Kier molecular flexibility index (Phi) is 7.80. The van der Waals surface area contributed by atoms with Crippen LogP contribution in [0.25, 0.3) is 83.4 Å². The number of benzene rings is 8. The first-order chi connectivity index (χ1) is 37.9. The zero-order valence-electron chi connectivity index (χ0n) is 50.2. The van der Waals surface area contributed by atoms with Crippen LogP contribution in [-0.4, -0.2) is 14.1 Å². The molecule has 0 aliphatic heterocycles. The molecule has 0 unspecified atom stereocenters. The largest absolute Gasteiger partial charge is 0.458 e. The second-order valence-electron chi connectivity index (χ2n) is 20.7. The van der Waals surface area contributed by atoms with E-state index in [4.69, 9.17) is 23.4 Å². The van der Waals surface area contributed by atoms with Crippen molar-refractivity contribution in [1.82, 2.24) is 14.1 Å². The molecule has 0 amide bonds. The summed E-state index contributed by atoms with van der Waals surface area (Å²) < 4.78 is 100.0. The summed E-state index contributed by atoms with van der Waals surface area (Å²) in [6.45, 7) is 16.0. The van der Waals surface area contributed by atoms with E-state index in [1.165, 1.54) is 16.7 Å². The highest BCUT2D eigenvalue weighted by atomic mass is 16.5. The number of para-hydroxylation sites is 3. The highest BCUT2D eigenvalue weighted by Gasteiger charge is 2.41. The number of imidazole rings is 1. The van der Waals surface area contributed by atoms with E-state index in [9.17, 15) is 0 Å². The fourth-order valence-corrected chi connectivity index (χ4v) is 10.9. The van der Waals surface area contributed by atoms with Gasteiger partial charge in [-0.3, -0.25) is 13.7 Å². The lowest BCUT2D eigenvalue weighted by molar-refractivity contribution is -0.571. The molecular formula is C65H56N4O. The van der Waals surface area contributed by atoms with Gasteiger partial charge in [-0.25, -0.2) is 4.98 Å². The molecule has 3 heterocycles. The van der Waals surface area contributed by atoms with Gasteiger partial charge in [0.15, 0.2) is 0 Å². The van der Waals surface area contributed by atoms with Gasteiger partial charge in [-0.05, 0) is 127 Å². The van der Waals surface area contributed by atoms with Crippen LogP contribution in [0.5, 0.6) is 11.5 Å². The van der Waals surface area contributed by atoms with Crippen molar-refractivity contribution in [2.24, 2.45) is 0 Å². The van der Waals surface area contributed by atoms with Crippen molar-refractivity contribution in [2.45, 2.75) is 71.1 Å². The Labute approximate surface area is 425 Å². The summed E-state index contributed by atoms with van der Waals surface area (Å²) in [5.41, 5.74) is 10.3. The molecule has 12 rings (SSSR count). The zero-order chi connectivity index (χ0) is 56.6. The molecule has 0 radical (unpaired) electrons. The monoisotopic (exact) mass is 919 g/mol. The van der Waals surface area contributed by atoms with Crippen LogP contribution in [0, 0.1) is 6.33 Å². The summed E-state index contributed by atoms with van der Waals surface area (Å²) in [5, 5.41) is 2.12. The molecule has 342 valence electrons. The van der Waals surface area contributed by atoms with E-state index in [-0.39, 0.29) is 44.2 Å². The van der Waals surface area contributed by atoms with E-state index in [0.717, 1.165) is 45.2 Å². The normalized spacial score (nSPS) is 16.1. The van der Waals surface area contributed by atoms with E-state index in [1.807, 2.05) is 65.4 Å². The number of hydrogen-bond donors (Lipinski definition) is 0. The quantitative estimate of drug-likeness (QED) is 0.112. The molecule has 0 spiro atoms. The number of aromatic nitrogens is 4. The second kappa shape index (κ2) is 16.3. The van der Waals surface area contributed by atoms with Crippen LogP contribution >= 0.6 is 0 Å². The molecule has 0 fully saturated rings. The average Bonchev–Trinajstić information content (AvgIpc) is 4.17. The van der Waals surface area contributed by atoms with Gasteiger partial charge in [0.2, 0.25) is 0 Å². The Hall–Kier alpha value is -8.02. The van der Waals surface area contributed by atoms with Crippen LogP contribution in [0.2, 0.25) is 0 Å². The van der Waals surface area contributed by atoms with E-state index < -0.39 is 60.4 Å². The SMILES string of the molecule is [2H]c1c([2H])c([2H])c(-c2cccc(-c3c([2H])c([2H])c([2H])c([2H])c3[2H])c2-[n+]2[c-]n(-c3cccc(Oc4ccc5c6cc(-c7ccc8c(c7)C(C)(C)CC8(C)C)ccc6n(-c6cc(C(C)(C)C)ccn6)c5c4)c3)c3ccccc32)c([2H])c1[2H]. The molecule has 5 heteroatoms. The summed E-state index contributed by atoms with van der Waals surface area (Å²) in [7, 11) is 0.